The first-order valence-electron chi connectivity index (χ1n) is 6.30. The van der Waals surface area contributed by atoms with E-state index in [1.54, 1.807) is 18.2 Å². The van der Waals surface area contributed by atoms with Gasteiger partial charge >= 0.3 is 0 Å². The van der Waals surface area contributed by atoms with Crippen molar-refractivity contribution in [3.05, 3.63) is 53.9 Å². The van der Waals surface area contributed by atoms with Gasteiger partial charge in [0, 0.05) is 6.20 Å². The minimum atomic E-state index is 0.229. The van der Waals surface area contributed by atoms with E-state index in [2.05, 4.69) is 15.2 Å². The molecule has 20 heavy (non-hydrogen) atoms. The summed E-state index contributed by atoms with van der Waals surface area (Å²) in [5.74, 6) is 0.945. The van der Waals surface area contributed by atoms with E-state index >= 15 is 0 Å². The van der Waals surface area contributed by atoms with Gasteiger partial charge in [-0.05, 0) is 49.7 Å². The number of aromatic hydroxyl groups is 1. The van der Waals surface area contributed by atoms with Gasteiger partial charge in [-0.3, -0.25) is 4.40 Å². The van der Waals surface area contributed by atoms with Crippen molar-refractivity contribution in [1.29, 1.82) is 0 Å². The number of aryl methyl sites for hydroxylation is 2. The Morgan fingerprint density at radius 3 is 2.75 bits per heavy atom. The van der Waals surface area contributed by atoms with Gasteiger partial charge in [0.05, 0.1) is 11.4 Å². The monoisotopic (exact) mass is 266 g/mol. The molecule has 5 heteroatoms. The van der Waals surface area contributed by atoms with Crippen molar-refractivity contribution in [3.63, 3.8) is 0 Å². The predicted molar refractivity (Wildman–Crippen MR) is 76.9 cm³/mol. The Balaban J connectivity index is 2.04. The van der Waals surface area contributed by atoms with E-state index < -0.39 is 0 Å². The minimum Gasteiger partial charge on any atom is -0.508 e. The molecule has 0 aliphatic heterocycles. The van der Waals surface area contributed by atoms with E-state index in [-0.39, 0.29) is 5.75 Å². The quantitative estimate of drug-likeness (QED) is 0.710. The number of azo groups is 1. The number of phenols is 1. The van der Waals surface area contributed by atoms with Crippen molar-refractivity contribution in [2.45, 2.75) is 13.8 Å². The number of hydrogen-bond donors (Lipinski definition) is 1. The highest BCUT2D eigenvalue weighted by molar-refractivity contribution is 5.52. The second-order valence-electron chi connectivity index (χ2n) is 4.62. The first kappa shape index (κ1) is 12.3. The molecule has 3 rings (SSSR count). The third-order valence-electron chi connectivity index (χ3n) is 3.11. The summed E-state index contributed by atoms with van der Waals surface area (Å²) in [5, 5.41) is 17.9. The lowest BCUT2D eigenvalue weighted by Gasteiger charge is -1.99. The molecular formula is C15H14N4O. The van der Waals surface area contributed by atoms with Crippen LogP contribution in [0.4, 0.5) is 11.5 Å². The average molecular weight is 266 g/mol. The Bertz CT molecular complexity index is 805. The van der Waals surface area contributed by atoms with Crippen LogP contribution in [0.5, 0.6) is 5.75 Å². The normalized spacial score (nSPS) is 11.5. The van der Waals surface area contributed by atoms with Crippen LogP contribution in [-0.4, -0.2) is 14.5 Å². The van der Waals surface area contributed by atoms with Gasteiger partial charge in [0.25, 0.3) is 0 Å². The van der Waals surface area contributed by atoms with Gasteiger partial charge in [-0.1, -0.05) is 6.07 Å². The van der Waals surface area contributed by atoms with Crippen LogP contribution in [-0.2, 0) is 0 Å². The molecule has 0 spiro atoms. The number of imidazole rings is 1. The second-order valence-corrected chi connectivity index (χ2v) is 4.62. The highest BCUT2D eigenvalue weighted by Crippen LogP contribution is 2.27. The minimum absolute atomic E-state index is 0.229. The van der Waals surface area contributed by atoms with Crippen molar-refractivity contribution in [1.82, 2.24) is 9.38 Å². The molecule has 1 N–H and O–H groups in total. The van der Waals surface area contributed by atoms with Crippen molar-refractivity contribution in [2.24, 2.45) is 10.2 Å². The first-order valence-corrected chi connectivity index (χ1v) is 6.30. The first-order chi connectivity index (χ1) is 9.65. The molecule has 0 aliphatic carbocycles. The molecule has 0 atom stereocenters. The third-order valence-corrected chi connectivity index (χ3v) is 3.11. The molecule has 0 bridgehead atoms. The van der Waals surface area contributed by atoms with E-state index in [9.17, 15) is 5.11 Å². The lowest BCUT2D eigenvalue weighted by molar-refractivity contribution is 0.475. The van der Waals surface area contributed by atoms with E-state index in [0.29, 0.717) is 5.82 Å². The highest BCUT2D eigenvalue weighted by Gasteiger charge is 2.07. The van der Waals surface area contributed by atoms with E-state index in [0.717, 1.165) is 22.6 Å². The largest absolute Gasteiger partial charge is 0.508 e. The standard InChI is InChI=1S/C15H14N4O/c1-10-9-12(20)6-7-13(10)17-18-15-11(2)16-14-5-3-4-8-19(14)15/h3-9,20H,1-2H3. The Labute approximate surface area is 116 Å². The number of pyridine rings is 1. The number of phenolic OH excluding ortho intramolecular Hbond substituents is 1. The number of benzene rings is 1. The Kier molecular flexibility index (Phi) is 2.95. The van der Waals surface area contributed by atoms with Gasteiger partial charge in [-0.25, -0.2) is 4.98 Å². The van der Waals surface area contributed by atoms with Crippen LogP contribution in [0.2, 0.25) is 0 Å². The van der Waals surface area contributed by atoms with Gasteiger partial charge in [0.2, 0.25) is 0 Å². The van der Waals surface area contributed by atoms with Crippen LogP contribution in [0.3, 0.4) is 0 Å². The van der Waals surface area contributed by atoms with E-state index in [4.69, 9.17) is 0 Å². The zero-order chi connectivity index (χ0) is 14.1. The fourth-order valence-electron chi connectivity index (χ4n) is 2.07. The zero-order valence-corrected chi connectivity index (χ0v) is 11.3. The van der Waals surface area contributed by atoms with E-state index in [1.165, 1.54) is 0 Å². The summed E-state index contributed by atoms with van der Waals surface area (Å²) in [5.41, 5.74) is 3.28. The number of rotatable bonds is 2. The van der Waals surface area contributed by atoms with Crippen LogP contribution in [0, 0.1) is 13.8 Å². The predicted octanol–water partition coefficient (Wildman–Crippen LogP) is 4.07. The maximum Gasteiger partial charge on any atom is 0.182 e. The maximum absolute atomic E-state index is 9.39. The zero-order valence-electron chi connectivity index (χ0n) is 11.3. The summed E-state index contributed by atoms with van der Waals surface area (Å²) in [6.07, 6.45) is 1.91. The summed E-state index contributed by atoms with van der Waals surface area (Å²) < 4.78 is 1.90. The van der Waals surface area contributed by atoms with Crippen LogP contribution in [0.15, 0.2) is 52.8 Å². The molecule has 0 radical (unpaired) electrons. The summed E-state index contributed by atoms with van der Waals surface area (Å²) in [6, 6.07) is 10.8. The molecule has 0 amide bonds. The molecule has 3 aromatic rings. The molecule has 2 aromatic heterocycles. The highest BCUT2D eigenvalue weighted by atomic mass is 16.3. The molecule has 0 saturated carbocycles. The van der Waals surface area contributed by atoms with Gasteiger partial charge in [-0.15, -0.1) is 10.2 Å². The van der Waals surface area contributed by atoms with Crippen LogP contribution in [0.25, 0.3) is 5.65 Å². The Morgan fingerprint density at radius 1 is 1.10 bits per heavy atom. The van der Waals surface area contributed by atoms with Gasteiger partial charge in [0.15, 0.2) is 5.82 Å². The molecule has 0 saturated heterocycles. The molecule has 2 heterocycles. The molecule has 0 fully saturated rings. The lowest BCUT2D eigenvalue weighted by atomic mass is 10.2. The third kappa shape index (κ3) is 2.14. The fourth-order valence-corrected chi connectivity index (χ4v) is 2.07. The van der Waals surface area contributed by atoms with Gasteiger partial charge in [-0.2, -0.15) is 0 Å². The summed E-state index contributed by atoms with van der Waals surface area (Å²) in [4.78, 5) is 4.43. The van der Waals surface area contributed by atoms with Crippen LogP contribution in [0.1, 0.15) is 11.3 Å². The summed E-state index contributed by atoms with van der Waals surface area (Å²) in [6.45, 7) is 3.79. The molecule has 0 unspecified atom stereocenters. The molecular weight excluding hydrogens is 252 g/mol. The van der Waals surface area contributed by atoms with Crippen molar-refractivity contribution >= 4 is 17.2 Å². The van der Waals surface area contributed by atoms with Crippen molar-refractivity contribution in [3.8, 4) is 5.75 Å². The van der Waals surface area contributed by atoms with Crippen LogP contribution < -0.4 is 0 Å². The molecule has 1 aromatic carbocycles. The van der Waals surface area contributed by atoms with Gasteiger partial charge in [0.1, 0.15) is 11.4 Å². The van der Waals surface area contributed by atoms with Crippen molar-refractivity contribution < 1.29 is 5.11 Å². The number of hydrogen-bond acceptors (Lipinski definition) is 4. The molecule has 0 aliphatic rings. The fraction of sp³-hybridized carbons (Fsp3) is 0.133. The smallest absolute Gasteiger partial charge is 0.182 e. The summed E-state index contributed by atoms with van der Waals surface area (Å²) in [7, 11) is 0. The van der Waals surface area contributed by atoms with E-state index in [1.807, 2.05) is 42.6 Å². The lowest BCUT2D eigenvalue weighted by Crippen LogP contribution is -1.81. The number of aromatic nitrogens is 2. The number of fused-ring (bicyclic) bond motifs is 1. The van der Waals surface area contributed by atoms with Crippen molar-refractivity contribution in [2.75, 3.05) is 0 Å². The number of nitrogens with zero attached hydrogens (tertiary/aromatic N) is 4. The summed E-state index contributed by atoms with van der Waals surface area (Å²) >= 11 is 0. The maximum atomic E-state index is 9.39. The molecule has 5 nitrogen and oxygen atoms in total. The molecule has 100 valence electrons. The SMILES string of the molecule is Cc1cc(O)ccc1N=Nc1c(C)nc2ccccn12. The Hall–Kier alpha value is -2.69. The average Bonchev–Trinajstić information content (AvgIpc) is 2.74. The van der Waals surface area contributed by atoms with Crippen LogP contribution >= 0.6 is 0 Å². The second kappa shape index (κ2) is 4.77. The topological polar surface area (TPSA) is 62.2 Å². The van der Waals surface area contributed by atoms with Gasteiger partial charge < -0.3 is 5.11 Å². The Morgan fingerprint density at radius 2 is 1.95 bits per heavy atom.